The van der Waals surface area contributed by atoms with E-state index in [0.29, 0.717) is 23.6 Å². The summed E-state index contributed by atoms with van der Waals surface area (Å²) in [6.45, 7) is 4.77. The van der Waals surface area contributed by atoms with Gasteiger partial charge in [-0.15, -0.1) is 0 Å². The molecule has 1 aromatic carbocycles. The normalized spacial score (nSPS) is 21.1. The molecule has 1 saturated heterocycles. The molecule has 1 N–H and O–H groups in total. The van der Waals surface area contributed by atoms with Crippen LogP contribution in [-0.2, 0) is 0 Å². The van der Waals surface area contributed by atoms with E-state index in [1.807, 2.05) is 6.07 Å². The Labute approximate surface area is 127 Å². The number of aliphatic hydroxyl groups is 1. The van der Waals surface area contributed by atoms with Gasteiger partial charge in [-0.25, -0.2) is 4.39 Å². The molecule has 3 nitrogen and oxygen atoms in total. The molecule has 1 aliphatic rings. The van der Waals surface area contributed by atoms with Gasteiger partial charge < -0.3 is 14.9 Å². The largest absolute Gasteiger partial charge is 0.388 e. The third-order valence-electron chi connectivity index (χ3n) is 4.56. The summed E-state index contributed by atoms with van der Waals surface area (Å²) in [4.78, 5) is 4.67. The lowest BCUT2D eigenvalue weighted by Gasteiger charge is -2.26. The van der Waals surface area contributed by atoms with E-state index in [4.69, 9.17) is 0 Å². The van der Waals surface area contributed by atoms with Crippen molar-refractivity contribution in [2.45, 2.75) is 38.3 Å². The number of aryl methyl sites for hydroxylation is 1. The molecule has 0 aromatic heterocycles. The Morgan fingerprint density at radius 1 is 1.48 bits per heavy atom. The number of nitrogens with zero attached hydrogens (tertiary/aromatic N) is 2. The lowest BCUT2D eigenvalue weighted by Crippen LogP contribution is -2.37. The molecular formula is C17H27FN2O. The van der Waals surface area contributed by atoms with Crippen LogP contribution < -0.4 is 0 Å². The highest BCUT2D eigenvalue weighted by molar-refractivity contribution is 5.24. The second-order valence-electron chi connectivity index (χ2n) is 6.35. The fourth-order valence-corrected chi connectivity index (χ4v) is 2.99. The van der Waals surface area contributed by atoms with Crippen LogP contribution in [0.2, 0.25) is 0 Å². The van der Waals surface area contributed by atoms with Gasteiger partial charge in [0, 0.05) is 19.1 Å². The van der Waals surface area contributed by atoms with Crippen molar-refractivity contribution in [2.75, 3.05) is 33.7 Å². The molecule has 0 saturated carbocycles. The Kier molecular flexibility index (Phi) is 5.73. The molecule has 1 heterocycles. The van der Waals surface area contributed by atoms with E-state index in [-0.39, 0.29) is 5.82 Å². The fourth-order valence-electron chi connectivity index (χ4n) is 2.99. The SMILES string of the molecule is Cc1ccc(C(O)CCN(C)CC2CCCN2C)cc1F. The standard InChI is InChI=1S/C17H27FN2O/c1-13-6-7-14(11-16(13)18)17(21)8-10-19(2)12-15-5-4-9-20(15)3/h6-7,11,15,17,21H,4-5,8-10,12H2,1-3H3. The fraction of sp³-hybridized carbons (Fsp3) is 0.647. The van der Waals surface area contributed by atoms with Crippen LogP contribution >= 0.6 is 0 Å². The molecule has 0 amide bonds. The average Bonchev–Trinajstić information content (AvgIpc) is 2.84. The maximum Gasteiger partial charge on any atom is 0.126 e. The number of hydrogen-bond acceptors (Lipinski definition) is 3. The second kappa shape index (κ2) is 7.34. The molecule has 1 aliphatic heterocycles. The number of hydrogen-bond donors (Lipinski definition) is 1. The van der Waals surface area contributed by atoms with Gasteiger partial charge in [-0.1, -0.05) is 12.1 Å². The highest BCUT2D eigenvalue weighted by Crippen LogP contribution is 2.20. The number of likely N-dealkylation sites (tertiary alicyclic amines) is 1. The van der Waals surface area contributed by atoms with Crippen molar-refractivity contribution in [1.82, 2.24) is 9.80 Å². The minimum atomic E-state index is -0.594. The molecule has 2 atom stereocenters. The topological polar surface area (TPSA) is 26.7 Å². The van der Waals surface area contributed by atoms with Gasteiger partial charge in [0.05, 0.1) is 6.10 Å². The van der Waals surface area contributed by atoms with Gasteiger partial charge in [0.25, 0.3) is 0 Å². The second-order valence-corrected chi connectivity index (χ2v) is 6.35. The third kappa shape index (κ3) is 4.50. The number of halogens is 1. The summed E-state index contributed by atoms with van der Waals surface area (Å²) in [6.07, 6.45) is 2.58. The van der Waals surface area contributed by atoms with E-state index in [2.05, 4.69) is 23.9 Å². The molecule has 4 heteroatoms. The first kappa shape index (κ1) is 16.4. The molecule has 118 valence electrons. The number of aliphatic hydroxyl groups excluding tert-OH is 1. The molecule has 0 spiro atoms. The Hall–Kier alpha value is -0.970. The molecule has 2 rings (SSSR count). The van der Waals surface area contributed by atoms with E-state index < -0.39 is 6.10 Å². The smallest absolute Gasteiger partial charge is 0.126 e. The van der Waals surface area contributed by atoms with Crippen molar-refractivity contribution in [1.29, 1.82) is 0 Å². The predicted octanol–water partition coefficient (Wildman–Crippen LogP) is 2.58. The molecule has 0 radical (unpaired) electrons. The molecule has 1 fully saturated rings. The zero-order valence-corrected chi connectivity index (χ0v) is 13.3. The van der Waals surface area contributed by atoms with Crippen molar-refractivity contribution in [3.05, 3.63) is 35.1 Å². The molecular weight excluding hydrogens is 267 g/mol. The summed E-state index contributed by atoms with van der Waals surface area (Å²) >= 11 is 0. The number of likely N-dealkylation sites (N-methyl/N-ethyl adjacent to an activating group) is 2. The molecule has 0 bridgehead atoms. The molecule has 21 heavy (non-hydrogen) atoms. The van der Waals surface area contributed by atoms with Crippen LogP contribution in [0.3, 0.4) is 0 Å². The summed E-state index contributed by atoms with van der Waals surface area (Å²) < 4.78 is 13.5. The first-order chi connectivity index (χ1) is 9.97. The van der Waals surface area contributed by atoms with Crippen molar-refractivity contribution in [2.24, 2.45) is 0 Å². The summed E-state index contributed by atoms with van der Waals surface area (Å²) in [5.74, 6) is -0.243. The highest BCUT2D eigenvalue weighted by Gasteiger charge is 2.22. The van der Waals surface area contributed by atoms with Gasteiger partial charge in [0.1, 0.15) is 5.82 Å². The lowest BCUT2D eigenvalue weighted by atomic mass is 10.0. The van der Waals surface area contributed by atoms with E-state index >= 15 is 0 Å². The predicted molar refractivity (Wildman–Crippen MR) is 83.9 cm³/mol. The first-order valence-electron chi connectivity index (χ1n) is 7.80. The minimum Gasteiger partial charge on any atom is -0.388 e. The van der Waals surface area contributed by atoms with Crippen LogP contribution in [0.15, 0.2) is 18.2 Å². The van der Waals surface area contributed by atoms with E-state index in [1.165, 1.54) is 25.5 Å². The maximum absolute atomic E-state index is 13.5. The Balaban J connectivity index is 1.80. The Bertz CT molecular complexity index is 466. The van der Waals surface area contributed by atoms with E-state index in [0.717, 1.165) is 13.1 Å². The Morgan fingerprint density at radius 3 is 2.86 bits per heavy atom. The third-order valence-corrected chi connectivity index (χ3v) is 4.56. The van der Waals surface area contributed by atoms with Gasteiger partial charge in [-0.05, 0) is 64.0 Å². The Morgan fingerprint density at radius 2 is 2.24 bits per heavy atom. The first-order valence-corrected chi connectivity index (χ1v) is 7.80. The minimum absolute atomic E-state index is 0.243. The van der Waals surface area contributed by atoms with Crippen LogP contribution in [0.5, 0.6) is 0 Å². The van der Waals surface area contributed by atoms with Crippen LogP contribution in [0.25, 0.3) is 0 Å². The van der Waals surface area contributed by atoms with E-state index in [9.17, 15) is 9.50 Å². The van der Waals surface area contributed by atoms with Crippen LogP contribution in [0, 0.1) is 12.7 Å². The monoisotopic (exact) mass is 294 g/mol. The van der Waals surface area contributed by atoms with Crippen LogP contribution in [-0.4, -0.2) is 54.7 Å². The van der Waals surface area contributed by atoms with Crippen molar-refractivity contribution < 1.29 is 9.50 Å². The van der Waals surface area contributed by atoms with Gasteiger partial charge in [0.2, 0.25) is 0 Å². The zero-order chi connectivity index (χ0) is 15.4. The maximum atomic E-state index is 13.5. The summed E-state index contributed by atoms with van der Waals surface area (Å²) in [7, 11) is 4.27. The number of rotatable bonds is 6. The summed E-state index contributed by atoms with van der Waals surface area (Å²) in [6, 6.07) is 5.62. The quantitative estimate of drug-likeness (QED) is 0.873. The zero-order valence-electron chi connectivity index (χ0n) is 13.3. The van der Waals surface area contributed by atoms with Gasteiger partial charge in [-0.3, -0.25) is 0 Å². The number of benzene rings is 1. The van der Waals surface area contributed by atoms with Crippen LogP contribution in [0.4, 0.5) is 4.39 Å². The van der Waals surface area contributed by atoms with Gasteiger partial charge in [-0.2, -0.15) is 0 Å². The van der Waals surface area contributed by atoms with Crippen molar-refractivity contribution in [3.63, 3.8) is 0 Å². The van der Waals surface area contributed by atoms with E-state index in [1.54, 1.807) is 13.0 Å². The van der Waals surface area contributed by atoms with Gasteiger partial charge in [0.15, 0.2) is 0 Å². The molecule has 1 aromatic rings. The van der Waals surface area contributed by atoms with Crippen LogP contribution in [0.1, 0.15) is 36.5 Å². The average molecular weight is 294 g/mol. The lowest BCUT2D eigenvalue weighted by molar-refractivity contribution is 0.139. The molecule has 0 aliphatic carbocycles. The molecule has 2 unspecified atom stereocenters. The summed E-state index contributed by atoms with van der Waals surface area (Å²) in [5.41, 5.74) is 1.29. The van der Waals surface area contributed by atoms with Gasteiger partial charge >= 0.3 is 0 Å². The summed E-state index contributed by atoms with van der Waals surface area (Å²) in [5, 5.41) is 10.2. The van der Waals surface area contributed by atoms with Crippen molar-refractivity contribution >= 4 is 0 Å². The van der Waals surface area contributed by atoms with Crippen molar-refractivity contribution in [3.8, 4) is 0 Å². The highest BCUT2D eigenvalue weighted by atomic mass is 19.1.